The van der Waals surface area contributed by atoms with E-state index in [1.807, 2.05) is 6.20 Å². The Hall–Kier alpha value is -1.05. The Labute approximate surface area is 105 Å². The first-order valence-electron chi connectivity index (χ1n) is 6.87. The summed E-state index contributed by atoms with van der Waals surface area (Å²) in [7, 11) is 0. The normalized spacial score (nSPS) is 21.6. The lowest BCUT2D eigenvalue weighted by Crippen LogP contribution is -2.24. The maximum absolute atomic E-state index is 4.56. The Kier molecular flexibility index (Phi) is 4.03. The molecular formula is C15H24N2. The Morgan fingerprint density at radius 2 is 2.06 bits per heavy atom. The number of nitrogens with zero attached hydrogens (tertiary/aromatic N) is 2. The fraction of sp³-hybridized carbons (Fsp3) is 0.667. The summed E-state index contributed by atoms with van der Waals surface area (Å²) in [6.45, 7) is 9.12. The zero-order valence-electron chi connectivity index (χ0n) is 11.3. The molecule has 2 rings (SSSR count). The summed E-state index contributed by atoms with van der Waals surface area (Å²) in [5.41, 5.74) is 2.49. The number of rotatable bonds is 2. The molecule has 2 heterocycles. The van der Waals surface area contributed by atoms with E-state index < -0.39 is 0 Å². The molecule has 17 heavy (non-hydrogen) atoms. The molecule has 1 aliphatic rings. The molecule has 1 unspecified atom stereocenters. The second-order valence-corrected chi connectivity index (χ2v) is 5.62. The van der Waals surface area contributed by atoms with E-state index in [2.05, 4.69) is 42.8 Å². The van der Waals surface area contributed by atoms with Crippen molar-refractivity contribution in [1.29, 1.82) is 0 Å². The minimum Gasteiger partial charge on any atom is -0.370 e. The van der Waals surface area contributed by atoms with Crippen molar-refractivity contribution in [2.75, 3.05) is 18.0 Å². The molecule has 0 spiro atoms. The number of hydrogen-bond donors (Lipinski definition) is 0. The van der Waals surface area contributed by atoms with Crippen molar-refractivity contribution >= 4 is 5.69 Å². The van der Waals surface area contributed by atoms with E-state index in [1.54, 1.807) is 0 Å². The van der Waals surface area contributed by atoms with E-state index >= 15 is 0 Å². The van der Waals surface area contributed by atoms with Gasteiger partial charge in [0, 0.05) is 18.8 Å². The summed E-state index contributed by atoms with van der Waals surface area (Å²) < 4.78 is 0. The zero-order valence-corrected chi connectivity index (χ0v) is 11.3. The Balaban J connectivity index is 2.06. The Bertz CT molecular complexity index is 342. The molecule has 2 nitrogen and oxygen atoms in total. The molecule has 0 amide bonds. The third-order valence-electron chi connectivity index (χ3n) is 3.74. The van der Waals surface area contributed by atoms with Crippen LogP contribution in [0.4, 0.5) is 5.69 Å². The molecule has 1 aliphatic heterocycles. The van der Waals surface area contributed by atoms with Gasteiger partial charge in [-0.2, -0.15) is 0 Å². The molecule has 1 aromatic heterocycles. The molecule has 1 fully saturated rings. The molecule has 1 atom stereocenters. The second-order valence-electron chi connectivity index (χ2n) is 5.62. The molecule has 0 radical (unpaired) electrons. The highest BCUT2D eigenvalue weighted by molar-refractivity contribution is 5.44. The smallest absolute Gasteiger partial charge is 0.0552 e. The highest BCUT2D eigenvalue weighted by Gasteiger charge is 2.14. The van der Waals surface area contributed by atoms with Gasteiger partial charge in [0.05, 0.1) is 11.9 Å². The van der Waals surface area contributed by atoms with Crippen LogP contribution in [0, 0.1) is 5.92 Å². The molecular weight excluding hydrogens is 208 g/mol. The first-order chi connectivity index (χ1) is 8.16. The van der Waals surface area contributed by atoms with E-state index in [1.165, 1.54) is 43.7 Å². The van der Waals surface area contributed by atoms with E-state index in [0.29, 0.717) is 5.92 Å². The molecule has 94 valence electrons. The van der Waals surface area contributed by atoms with Gasteiger partial charge in [0.15, 0.2) is 0 Å². The monoisotopic (exact) mass is 232 g/mol. The standard InChI is InChI=1S/C15H24N2/c1-12(2)15-7-6-14(11-16-15)17-9-4-5-13(3)8-10-17/h6-7,11-13H,4-5,8-10H2,1-3H3. The second kappa shape index (κ2) is 5.52. The highest BCUT2D eigenvalue weighted by atomic mass is 15.1. The van der Waals surface area contributed by atoms with Crippen molar-refractivity contribution in [3.05, 3.63) is 24.0 Å². The van der Waals surface area contributed by atoms with Crippen LogP contribution in [0.25, 0.3) is 0 Å². The molecule has 1 aromatic rings. The van der Waals surface area contributed by atoms with Crippen LogP contribution in [0.15, 0.2) is 18.3 Å². The van der Waals surface area contributed by atoms with E-state index in [0.717, 1.165) is 5.92 Å². The maximum atomic E-state index is 4.56. The van der Waals surface area contributed by atoms with E-state index in [9.17, 15) is 0 Å². The van der Waals surface area contributed by atoms with Gasteiger partial charge in [-0.3, -0.25) is 4.98 Å². The summed E-state index contributed by atoms with van der Waals surface area (Å²) in [5, 5.41) is 0. The number of anilines is 1. The predicted octanol–water partition coefficient (Wildman–Crippen LogP) is 3.83. The Morgan fingerprint density at radius 3 is 2.71 bits per heavy atom. The van der Waals surface area contributed by atoms with Crippen molar-refractivity contribution in [3.8, 4) is 0 Å². The average molecular weight is 232 g/mol. The van der Waals surface area contributed by atoms with Gasteiger partial charge < -0.3 is 4.90 Å². The van der Waals surface area contributed by atoms with Gasteiger partial charge >= 0.3 is 0 Å². The lowest BCUT2D eigenvalue weighted by atomic mass is 10.0. The first-order valence-corrected chi connectivity index (χ1v) is 6.87. The Morgan fingerprint density at radius 1 is 1.24 bits per heavy atom. The number of aromatic nitrogens is 1. The summed E-state index contributed by atoms with van der Waals surface area (Å²) in [4.78, 5) is 7.05. The van der Waals surface area contributed by atoms with Crippen LogP contribution in [0.3, 0.4) is 0 Å². The van der Waals surface area contributed by atoms with Crippen molar-refractivity contribution in [2.24, 2.45) is 5.92 Å². The molecule has 0 saturated carbocycles. The first kappa shape index (κ1) is 12.4. The molecule has 0 N–H and O–H groups in total. The van der Waals surface area contributed by atoms with Crippen LogP contribution in [-0.2, 0) is 0 Å². The molecule has 0 aromatic carbocycles. The largest absolute Gasteiger partial charge is 0.370 e. The van der Waals surface area contributed by atoms with Gasteiger partial charge in [-0.05, 0) is 43.2 Å². The quantitative estimate of drug-likeness (QED) is 0.770. The zero-order chi connectivity index (χ0) is 12.3. The minimum atomic E-state index is 0.521. The average Bonchev–Trinajstić information content (AvgIpc) is 2.54. The topological polar surface area (TPSA) is 16.1 Å². The SMILES string of the molecule is CC1CCCN(c2ccc(C(C)C)nc2)CC1. The molecule has 0 aliphatic carbocycles. The van der Waals surface area contributed by atoms with Gasteiger partial charge in [0.1, 0.15) is 0 Å². The van der Waals surface area contributed by atoms with Gasteiger partial charge in [0.2, 0.25) is 0 Å². The van der Waals surface area contributed by atoms with Crippen molar-refractivity contribution in [2.45, 2.75) is 46.0 Å². The molecule has 2 heteroatoms. The van der Waals surface area contributed by atoms with Crippen LogP contribution in [0.2, 0.25) is 0 Å². The van der Waals surface area contributed by atoms with Crippen LogP contribution >= 0.6 is 0 Å². The lowest BCUT2D eigenvalue weighted by molar-refractivity contribution is 0.521. The van der Waals surface area contributed by atoms with Gasteiger partial charge in [-0.1, -0.05) is 20.8 Å². The van der Waals surface area contributed by atoms with Crippen LogP contribution in [0.5, 0.6) is 0 Å². The summed E-state index contributed by atoms with van der Waals surface area (Å²) in [6.07, 6.45) is 6.04. The maximum Gasteiger partial charge on any atom is 0.0552 e. The van der Waals surface area contributed by atoms with Crippen molar-refractivity contribution in [3.63, 3.8) is 0 Å². The summed E-state index contributed by atoms with van der Waals surface area (Å²) in [6, 6.07) is 4.41. The van der Waals surface area contributed by atoms with Gasteiger partial charge in [-0.25, -0.2) is 0 Å². The predicted molar refractivity (Wildman–Crippen MR) is 73.6 cm³/mol. The third-order valence-corrected chi connectivity index (χ3v) is 3.74. The summed E-state index contributed by atoms with van der Waals surface area (Å²) in [5.74, 6) is 1.40. The van der Waals surface area contributed by atoms with Crippen molar-refractivity contribution < 1.29 is 0 Å². The minimum absolute atomic E-state index is 0.521. The summed E-state index contributed by atoms with van der Waals surface area (Å²) >= 11 is 0. The fourth-order valence-electron chi connectivity index (χ4n) is 2.45. The third kappa shape index (κ3) is 3.21. The molecule has 1 saturated heterocycles. The lowest BCUT2D eigenvalue weighted by Gasteiger charge is -2.22. The van der Waals surface area contributed by atoms with Crippen molar-refractivity contribution in [1.82, 2.24) is 4.98 Å². The highest BCUT2D eigenvalue weighted by Crippen LogP contribution is 2.22. The number of pyridine rings is 1. The fourth-order valence-corrected chi connectivity index (χ4v) is 2.45. The van der Waals surface area contributed by atoms with Gasteiger partial charge in [-0.15, -0.1) is 0 Å². The van der Waals surface area contributed by atoms with Crippen LogP contribution in [0.1, 0.15) is 51.6 Å². The number of hydrogen-bond acceptors (Lipinski definition) is 2. The molecule has 0 bridgehead atoms. The van der Waals surface area contributed by atoms with Crippen LogP contribution < -0.4 is 4.90 Å². The van der Waals surface area contributed by atoms with Gasteiger partial charge in [0.25, 0.3) is 0 Å². The van der Waals surface area contributed by atoms with E-state index in [4.69, 9.17) is 0 Å². The van der Waals surface area contributed by atoms with Crippen LogP contribution in [-0.4, -0.2) is 18.1 Å². The van der Waals surface area contributed by atoms with E-state index in [-0.39, 0.29) is 0 Å².